The van der Waals surface area contributed by atoms with Crippen LogP contribution in [0.15, 0.2) is 53.5 Å². The molecule has 108 valence electrons. The van der Waals surface area contributed by atoms with Crippen LogP contribution in [0.4, 0.5) is 4.39 Å². The molecule has 0 fully saturated rings. The molecule has 0 saturated heterocycles. The SMILES string of the molecule is Fc1cccc(OCCc2ccccc2)c1C1=NCCN1. The number of amidine groups is 1. The van der Waals surface area contributed by atoms with Gasteiger partial charge in [0.05, 0.1) is 18.7 Å². The summed E-state index contributed by atoms with van der Waals surface area (Å²) in [5, 5.41) is 3.09. The van der Waals surface area contributed by atoms with Crippen molar-refractivity contribution in [2.45, 2.75) is 6.42 Å². The van der Waals surface area contributed by atoms with E-state index in [0.717, 1.165) is 13.0 Å². The second-order valence-electron chi connectivity index (χ2n) is 4.85. The first-order chi connectivity index (χ1) is 10.3. The summed E-state index contributed by atoms with van der Waals surface area (Å²) in [7, 11) is 0. The van der Waals surface area contributed by atoms with Crippen LogP contribution in [0.25, 0.3) is 0 Å². The van der Waals surface area contributed by atoms with Gasteiger partial charge in [-0.1, -0.05) is 36.4 Å². The van der Waals surface area contributed by atoms with Gasteiger partial charge in [-0.05, 0) is 17.7 Å². The predicted octanol–water partition coefficient (Wildman–Crippen LogP) is 2.80. The molecule has 0 aromatic heterocycles. The molecular weight excluding hydrogens is 267 g/mol. The molecular formula is C17H17FN2O. The molecule has 0 spiro atoms. The van der Waals surface area contributed by atoms with Gasteiger partial charge < -0.3 is 10.1 Å². The van der Waals surface area contributed by atoms with E-state index in [1.54, 1.807) is 12.1 Å². The lowest BCUT2D eigenvalue weighted by molar-refractivity contribution is 0.319. The zero-order valence-corrected chi connectivity index (χ0v) is 11.7. The van der Waals surface area contributed by atoms with Crippen molar-refractivity contribution in [2.24, 2.45) is 4.99 Å². The van der Waals surface area contributed by atoms with Crippen molar-refractivity contribution in [1.82, 2.24) is 5.32 Å². The highest BCUT2D eigenvalue weighted by atomic mass is 19.1. The minimum Gasteiger partial charge on any atom is -0.492 e. The van der Waals surface area contributed by atoms with E-state index in [1.165, 1.54) is 11.6 Å². The number of hydrogen-bond acceptors (Lipinski definition) is 3. The number of rotatable bonds is 5. The minimum absolute atomic E-state index is 0.305. The molecule has 0 saturated carbocycles. The van der Waals surface area contributed by atoms with Crippen LogP contribution < -0.4 is 10.1 Å². The first-order valence-electron chi connectivity index (χ1n) is 7.08. The summed E-state index contributed by atoms with van der Waals surface area (Å²) in [5.74, 6) is 0.822. The Morgan fingerprint density at radius 3 is 2.71 bits per heavy atom. The van der Waals surface area contributed by atoms with Gasteiger partial charge in [-0.2, -0.15) is 0 Å². The molecule has 1 heterocycles. The lowest BCUT2D eigenvalue weighted by atomic mass is 10.1. The summed E-state index contributed by atoms with van der Waals surface area (Å²) in [6, 6.07) is 15.0. The molecule has 0 aliphatic carbocycles. The van der Waals surface area contributed by atoms with E-state index in [0.29, 0.717) is 30.3 Å². The fourth-order valence-corrected chi connectivity index (χ4v) is 2.34. The van der Waals surface area contributed by atoms with Gasteiger partial charge in [-0.3, -0.25) is 4.99 Å². The first kappa shape index (κ1) is 13.6. The third-order valence-electron chi connectivity index (χ3n) is 3.38. The number of hydrogen-bond donors (Lipinski definition) is 1. The predicted molar refractivity (Wildman–Crippen MR) is 81.4 cm³/mol. The Hall–Kier alpha value is -2.36. The van der Waals surface area contributed by atoms with Gasteiger partial charge in [0, 0.05) is 13.0 Å². The zero-order valence-electron chi connectivity index (χ0n) is 11.7. The van der Waals surface area contributed by atoms with Crippen LogP contribution in [-0.2, 0) is 6.42 Å². The van der Waals surface area contributed by atoms with E-state index in [9.17, 15) is 4.39 Å². The molecule has 3 rings (SSSR count). The number of aliphatic imine (C=N–C) groups is 1. The largest absolute Gasteiger partial charge is 0.492 e. The Kier molecular flexibility index (Phi) is 4.15. The van der Waals surface area contributed by atoms with E-state index in [4.69, 9.17) is 4.74 Å². The lowest BCUT2D eigenvalue weighted by Crippen LogP contribution is -2.22. The molecule has 1 aliphatic heterocycles. The maximum absolute atomic E-state index is 14.1. The Bertz CT molecular complexity index is 640. The summed E-state index contributed by atoms with van der Waals surface area (Å²) in [4.78, 5) is 4.28. The second kappa shape index (κ2) is 6.39. The molecule has 0 bridgehead atoms. The topological polar surface area (TPSA) is 33.6 Å². The van der Waals surface area contributed by atoms with Crippen LogP contribution in [0.2, 0.25) is 0 Å². The Morgan fingerprint density at radius 2 is 1.95 bits per heavy atom. The van der Waals surface area contributed by atoms with E-state index in [-0.39, 0.29) is 5.82 Å². The van der Waals surface area contributed by atoms with Gasteiger partial charge in [0.2, 0.25) is 0 Å². The molecule has 1 aliphatic rings. The molecule has 2 aromatic rings. The van der Waals surface area contributed by atoms with E-state index >= 15 is 0 Å². The lowest BCUT2D eigenvalue weighted by Gasteiger charge is -2.12. The number of ether oxygens (including phenoxy) is 1. The molecule has 3 nitrogen and oxygen atoms in total. The minimum atomic E-state index is -0.305. The van der Waals surface area contributed by atoms with Crippen LogP contribution in [0.5, 0.6) is 5.75 Å². The monoisotopic (exact) mass is 284 g/mol. The average molecular weight is 284 g/mol. The quantitative estimate of drug-likeness (QED) is 0.916. The van der Waals surface area contributed by atoms with Gasteiger partial charge in [-0.15, -0.1) is 0 Å². The molecule has 0 radical (unpaired) electrons. The van der Waals surface area contributed by atoms with Gasteiger partial charge in [0.25, 0.3) is 0 Å². The van der Waals surface area contributed by atoms with Crippen molar-refractivity contribution in [3.05, 3.63) is 65.5 Å². The van der Waals surface area contributed by atoms with E-state index in [1.807, 2.05) is 18.2 Å². The van der Waals surface area contributed by atoms with Gasteiger partial charge in [-0.25, -0.2) is 4.39 Å². The Labute approximate surface area is 123 Å². The van der Waals surface area contributed by atoms with Crippen LogP contribution in [0.1, 0.15) is 11.1 Å². The fraction of sp³-hybridized carbons (Fsp3) is 0.235. The maximum atomic E-state index is 14.1. The summed E-state index contributed by atoms with van der Waals surface area (Å²) < 4.78 is 19.8. The summed E-state index contributed by atoms with van der Waals surface area (Å²) in [6.45, 7) is 1.92. The van der Waals surface area contributed by atoms with Gasteiger partial charge >= 0.3 is 0 Å². The number of nitrogens with one attached hydrogen (secondary N) is 1. The molecule has 2 aromatic carbocycles. The number of benzene rings is 2. The smallest absolute Gasteiger partial charge is 0.137 e. The molecule has 0 atom stereocenters. The van der Waals surface area contributed by atoms with Crippen molar-refractivity contribution < 1.29 is 9.13 Å². The third kappa shape index (κ3) is 3.21. The maximum Gasteiger partial charge on any atom is 0.137 e. The van der Waals surface area contributed by atoms with Crippen molar-refractivity contribution in [2.75, 3.05) is 19.7 Å². The number of nitrogens with zero attached hydrogens (tertiary/aromatic N) is 1. The van der Waals surface area contributed by atoms with Crippen LogP contribution >= 0.6 is 0 Å². The van der Waals surface area contributed by atoms with Crippen LogP contribution in [0, 0.1) is 5.82 Å². The second-order valence-corrected chi connectivity index (χ2v) is 4.85. The van der Waals surface area contributed by atoms with Crippen LogP contribution in [-0.4, -0.2) is 25.5 Å². The molecule has 0 unspecified atom stereocenters. The number of halogens is 1. The van der Waals surface area contributed by atoms with Crippen LogP contribution in [0.3, 0.4) is 0 Å². The average Bonchev–Trinajstić information content (AvgIpc) is 3.02. The van der Waals surface area contributed by atoms with Crippen molar-refractivity contribution in [3.63, 3.8) is 0 Å². The first-order valence-corrected chi connectivity index (χ1v) is 7.08. The molecule has 1 N–H and O–H groups in total. The highest BCUT2D eigenvalue weighted by Gasteiger charge is 2.18. The molecule has 21 heavy (non-hydrogen) atoms. The third-order valence-corrected chi connectivity index (χ3v) is 3.38. The van der Waals surface area contributed by atoms with E-state index < -0.39 is 0 Å². The van der Waals surface area contributed by atoms with Crippen molar-refractivity contribution in [1.29, 1.82) is 0 Å². The molecule has 4 heteroatoms. The molecule has 0 amide bonds. The van der Waals surface area contributed by atoms with Gasteiger partial charge in [0.15, 0.2) is 0 Å². The zero-order chi connectivity index (χ0) is 14.5. The van der Waals surface area contributed by atoms with Crippen molar-refractivity contribution >= 4 is 5.84 Å². The summed E-state index contributed by atoms with van der Waals surface area (Å²) in [6.07, 6.45) is 0.788. The highest BCUT2D eigenvalue weighted by Crippen LogP contribution is 2.23. The fourth-order valence-electron chi connectivity index (χ4n) is 2.34. The normalized spacial score (nSPS) is 13.7. The summed E-state index contributed by atoms with van der Waals surface area (Å²) >= 11 is 0. The standard InChI is InChI=1S/C17H17FN2O/c18-14-7-4-8-15(16(14)17-19-10-11-20-17)21-12-9-13-5-2-1-3-6-13/h1-8H,9-12H2,(H,19,20). The van der Waals surface area contributed by atoms with Gasteiger partial charge in [0.1, 0.15) is 17.4 Å². The summed E-state index contributed by atoms with van der Waals surface area (Å²) in [5.41, 5.74) is 1.63. The highest BCUT2D eigenvalue weighted by molar-refractivity contribution is 6.02. The van der Waals surface area contributed by atoms with Crippen molar-refractivity contribution in [3.8, 4) is 5.75 Å². The van der Waals surface area contributed by atoms with E-state index in [2.05, 4.69) is 22.4 Å². The Morgan fingerprint density at radius 1 is 1.10 bits per heavy atom. The Balaban J connectivity index is 1.72.